The van der Waals surface area contributed by atoms with Crippen molar-refractivity contribution in [1.82, 2.24) is 40.4 Å². The smallest absolute Gasteiger partial charge is 0.250 e. The molecule has 12 heteroatoms. The zero-order chi connectivity index (χ0) is 38.4. The number of aryl methyl sites for hydroxylation is 1. The van der Waals surface area contributed by atoms with E-state index in [2.05, 4.69) is 37.7 Å². The molecule has 2 saturated heterocycles. The van der Waals surface area contributed by atoms with Gasteiger partial charge in [0.25, 0.3) is 0 Å². The number of H-pyrrole nitrogens is 2. The van der Waals surface area contributed by atoms with Gasteiger partial charge in [-0.25, -0.2) is 9.97 Å². The summed E-state index contributed by atoms with van der Waals surface area (Å²) in [6.07, 6.45) is 18.4. The molecule has 2 aromatic carbocycles. The molecule has 2 aliphatic carbocycles. The van der Waals surface area contributed by atoms with E-state index in [-0.39, 0.29) is 47.5 Å². The lowest BCUT2D eigenvalue weighted by Gasteiger charge is -2.28. The predicted octanol–water partition coefficient (Wildman–Crippen LogP) is 6.12. The normalized spacial score (nSPS) is 20.6. The Balaban J connectivity index is 0.819. The number of carbonyl (C=O) groups excluding carboxylic acids is 4. The van der Waals surface area contributed by atoms with Crippen LogP contribution in [0.3, 0.4) is 0 Å². The third kappa shape index (κ3) is 8.79. The highest BCUT2D eigenvalue weighted by atomic mass is 16.2. The summed E-state index contributed by atoms with van der Waals surface area (Å²) >= 11 is 0. The van der Waals surface area contributed by atoms with Crippen LogP contribution < -0.4 is 10.6 Å². The molecule has 4 amide bonds. The lowest BCUT2D eigenvalue weighted by molar-refractivity contribution is -0.138. The number of nitrogens with zero attached hydrogens (tertiary/aromatic N) is 4. The third-order valence-corrected chi connectivity index (χ3v) is 11.5. The molecule has 4 atom stereocenters. The lowest BCUT2D eigenvalue weighted by Crippen LogP contribution is -2.43. The van der Waals surface area contributed by atoms with Crippen LogP contribution in [-0.4, -0.2) is 66.5 Å². The van der Waals surface area contributed by atoms with E-state index in [1.165, 1.54) is 0 Å². The van der Waals surface area contributed by atoms with E-state index in [4.69, 9.17) is 4.98 Å². The highest BCUT2D eigenvalue weighted by Gasteiger charge is 2.40. The maximum Gasteiger partial charge on any atom is 0.250 e. The van der Waals surface area contributed by atoms with Crippen LogP contribution in [0.15, 0.2) is 85.2 Å². The Labute approximate surface area is 328 Å². The van der Waals surface area contributed by atoms with Crippen molar-refractivity contribution in [3.8, 4) is 0 Å². The van der Waals surface area contributed by atoms with Crippen LogP contribution in [-0.2, 0) is 32.0 Å². The minimum absolute atomic E-state index is 0.0158. The quantitative estimate of drug-likeness (QED) is 0.0798. The summed E-state index contributed by atoms with van der Waals surface area (Å²) in [4.78, 5) is 73.5. The topological polar surface area (TPSA) is 156 Å². The van der Waals surface area contributed by atoms with Gasteiger partial charge in [-0.05, 0) is 81.8 Å². The Hall–Kier alpha value is -5.52. The number of aromatic amines is 2. The number of hydrogen-bond acceptors (Lipinski definition) is 6. The molecule has 4 heterocycles. The molecule has 0 radical (unpaired) electrons. The van der Waals surface area contributed by atoms with E-state index in [0.717, 1.165) is 105 Å². The number of unbranched alkanes of at least 4 members (excludes halogenated alkanes) is 1. The number of imidazole rings is 2. The molecule has 4 aliphatic rings. The van der Waals surface area contributed by atoms with E-state index in [9.17, 15) is 19.2 Å². The molecule has 0 spiro atoms. The van der Waals surface area contributed by atoms with Gasteiger partial charge in [-0.1, -0.05) is 72.8 Å². The molecule has 2 saturated carbocycles. The van der Waals surface area contributed by atoms with Crippen molar-refractivity contribution in [1.29, 1.82) is 0 Å². The highest BCUT2D eigenvalue weighted by Crippen LogP contribution is 2.36. The molecule has 0 bridgehead atoms. The van der Waals surface area contributed by atoms with E-state index in [1.807, 2.05) is 82.9 Å². The van der Waals surface area contributed by atoms with Crippen molar-refractivity contribution in [2.45, 2.75) is 101 Å². The monoisotopic (exact) mass is 756 g/mol. The second-order valence-electron chi connectivity index (χ2n) is 15.8. The average Bonchev–Trinajstić information content (AvgIpc) is 4.00. The molecule has 56 heavy (non-hydrogen) atoms. The average molecular weight is 757 g/mol. The lowest BCUT2D eigenvalue weighted by atomic mass is 10.0. The number of likely N-dealkylation sites (tertiary alicyclic amines) is 2. The van der Waals surface area contributed by atoms with Crippen LogP contribution in [0.1, 0.15) is 123 Å². The fourth-order valence-corrected chi connectivity index (χ4v) is 8.10. The zero-order valence-electron chi connectivity index (χ0n) is 31.9. The molecule has 2 aliphatic heterocycles. The fourth-order valence-electron chi connectivity index (χ4n) is 8.10. The SMILES string of the molecule is O=C(N[C@H](C(=O)N1CCC[C@H]1c1ncc(C/C=C/CCCc2cnc([C@@H]3CCCN3C(=O)[C@@H](NC(=O)C3CC3)c3ccccc3)[nH]2)[nH]1)c1ccccc1)C1CC1. The van der Waals surface area contributed by atoms with Crippen LogP contribution in [0, 0.1) is 11.8 Å². The molecule has 0 unspecified atom stereocenters. The number of benzene rings is 2. The van der Waals surface area contributed by atoms with Gasteiger partial charge in [0.2, 0.25) is 23.6 Å². The molecule has 2 aromatic heterocycles. The van der Waals surface area contributed by atoms with Crippen LogP contribution in [0.5, 0.6) is 0 Å². The summed E-state index contributed by atoms with van der Waals surface area (Å²) in [7, 11) is 0. The number of rotatable bonds is 16. The van der Waals surface area contributed by atoms with E-state index >= 15 is 0 Å². The van der Waals surface area contributed by atoms with Gasteiger partial charge in [0, 0.05) is 55.1 Å². The minimum Gasteiger partial charge on any atom is -0.344 e. The minimum atomic E-state index is -0.707. The summed E-state index contributed by atoms with van der Waals surface area (Å²) in [6.45, 7) is 1.27. The Morgan fingerprint density at radius 1 is 0.661 bits per heavy atom. The summed E-state index contributed by atoms with van der Waals surface area (Å²) in [6, 6.07) is 17.3. The standard InChI is InChI=1S/C44H52N8O4/c53-41(31-21-22-31)49-37(29-13-5-3-6-14-29)43(55)51-25-11-19-35(51)39-45-27-33(47-39)17-9-1-2-10-18-34-28-46-40(48-34)36-20-12-26-52(36)44(56)38(30-15-7-4-8-16-30)50-42(54)32-23-24-32/h1,3-9,13-16,27-28,31-32,35-38H,2,10-12,17-26H2,(H,45,47)(H,46,48)(H,49,53)(H,50,54)/b9-1+/t35-,36-,37-,38-/m0/s1. The number of allylic oxidation sites excluding steroid dienone is 2. The Bertz CT molecular complexity index is 2020. The van der Waals surface area contributed by atoms with Gasteiger partial charge in [0.15, 0.2) is 0 Å². The molecule has 12 nitrogen and oxygen atoms in total. The first kappa shape index (κ1) is 37.4. The number of hydrogen-bond donors (Lipinski definition) is 4. The van der Waals surface area contributed by atoms with Crippen molar-refractivity contribution >= 4 is 23.6 Å². The van der Waals surface area contributed by atoms with Gasteiger partial charge < -0.3 is 30.4 Å². The first-order valence-corrected chi connectivity index (χ1v) is 20.5. The second kappa shape index (κ2) is 17.1. The zero-order valence-corrected chi connectivity index (χ0v) is 31.9. The number of nitrogens with one attached hydrogen (secondary N) is 4. The number of aromatic nitrogens is 4. The third-order valence-electron chi connectivity index (χ3n) is 11.5. The van der Waals surface area contributed by atoms with Crippen molar-refractivity contribution in [2.24, 2.45) is 11.8 Å². The van der Waals surface area contributed by atoms with Gasteiger partial charge in [0.05, 0.1) is 12.1 Å². The molecule has 8 rings (SSSR count). The van der Waals surface area contributed by atoms with Gasteiger partial charge in [-0.15, -0.1) is 0 Å². The second-order valence-corrected chi connectivity index (χ2v) is 15.8. The summed E-state index contributed by atoms with van der Waals surface area (Å²) in [5.41, 5.74) is 3.64. The maximum atomic E-state index is 14.0. The van der Waals surface area contributed by atoms with Crippen LogP contribution in [0.4, 0.5) is 0 Å². The summed E-state index contributed by atoms with van der Waals surface area (Å²) < 4.78 is 0. The highest BCUT2D eigenvalue weighted by molar-refractivity contribution is 5.91. The van der Waals surface area contributed by atoms with Crippen molar-refractivity contribution < 1.29 is 19.2 Å². The molecular formula is C44H52N8O4. The molecule has 4 fully saturated rings. The van der Waals surface area contributed by atoms with E-state index in [1.54, 1.807) is 0 Å². The van der Waals surface area contributed by atoms with Crippen LogP contribution >= 0.6 is 0 Å². The predicted molar refractivity (Wildman–Crippen MR) is 210 cm³/mol. The van der Waals surface area contributed by atoms with Crippen molar-refractivity contribution in [3.05, 3.63) is 119 Å². The summed E-state index contributed by atoms with van der Waals surface area (Å²) in [5, 5.41) is 6.08. The maximum absolute atomic E-state index is 14.0. The largest absolute Gasteiger partial charge is 0.344 e. The molecule has 4 aromatic rings. The van der Waals surface area contributed by atoms with Crippen molar-refractivity contribution in [2.75, 3.05) is 13.1 Å². The molecule has 4 N–H and O–H groups in total. The van der Waals surface area contributed by atoms with Gasteiger partial charge in [-0.2, -0.15) is 0 Å². The first-order valence-electron chi connectivity index (χ1n) is 20.5. The fraction of sp³-hybridized carbons (Fsp3) is 0.455. The number of carbonyl (C=O) groups is 4. The van der Waals surface area contributed by atoms with Crippen LogP contribution in [0.25, 0.3) is 0 Å². The summed E-state index contributed by atoms with van der Waals surface area (Å²) in [5.74, 6) is 1.37. The first-order chi connectivity index (χ1) is 27.4. The Morgan fingerprint density at radius 2 is 1.14 bits per heavy atom. The number of amides is 4. The van der Waals surface area contributed by atoms with Crippen molar-refractivity contribution in [3.63, 3.8) is 0 Å². The molecule has 292 valence electrons. The van der Waals surface area contributed by atoms with Gasteiger partial charge in [0.1, 0.15) is 23.7 Å². The Morgan fingerprint density at radius 3 is 1.64 bits per heavy atom. The Kier molecular flexibility index (Phi) is 11.4. The molecular weight excluding hydrogens is 705 g/mol. The van der Waals surface area contributed by atoms with Gasteiger partial charge >= 0.3 is 0 Å². The van der Waals surface area contributed by atoms with Gasteiger partial charge in [-0.3, -0.25) is 19.2 Å². The van der Waals surface area contributed by atoms with E-state index < -0.39 is 12.1 Å². The van der Waals surface area contributed by atoms with E-state index in [0.29, 0.717) is 19.5 Å². The van der Waals surface area contributed by atoms with Crippen LogP contribution in [0.2, 0.25) is 0 Å².